The Morgan fingerprint density at radius 3 is 2.69 bits per heavy atom. The third kappa shape index (κ3) is 3.35. The zero-order valence-corrected chi connectivity index (χ0v) is 8.95. The van der Waals surface area contributed by atoms with Gasteiger partial charge in [-0.25, -0.2) is 0 Å². The number of alkyl halides is 3. The van der Waals surface area contributed by atoms with Crippen molar-refractivity contribution in [2.24, 2.45) is 0 Å². The number of pyridine rings is 1. The van der Waals surface area contributed by atoms with E-state index < -0.39 is 17.3 Å². The molecular weight excluding hydrogens is 239 g/mol. The molecule has 16 heavy (non-hydrogen) atoms. The number of hydrogen-bond acceptors (Lipinski definition) is 2. The van der Waals surface area contributed by atoms with Crippen molar-refractivity contribution in [3.05, 3.63) is 33.7 Å². The quantitative estimate of drug-likeness (QED) is 0.578. The minimum atomic E-state index is -4.48. The molecule has 86 valence electrons. The summed E-state index contributed by atoms with van der Waals surface area (Å²) in [6.45, 7) is 0. The van der Waals surface area contributed by atoms with Crippen molar-refractivity contribution in [3.63, 3.8) is 0 Å². The van der Waals surface area contributed by atoms with Crippen LogP contribution in [0.2, 0.25) is 0 Å². The lowest BCUT2D eigenvalue weighted by Crippen LogP contribution is -2.14. The molecule has 1 N–H and O–H groups in total. The van der Waals surface area contributed by atoms with Gasteiger partial charge in [-0.15, -0.1) is 0 Å². The van der Waals surface area contributed by atoms with Gasteiger partial charge >= 0.3 is 6.18 Å². The van der Waals surface area contributed by atoms with E-state index in [0.717, 1.165) is 6.07 Å². The fourth-order valence-corrected chi connectivity index (χ4v) is 1.07. The molecule has 0 atom stereocenters. The van der Waals surface area contributed by atoms with E-state index in [1.807, 2.05) is 4.98 Å². The first-order valence-electron chi connectivity index (χ1n) is 4.35. The van der Waals surface area contributed by atoms with Crippen LogP contribution in [0.25, 0.3) is 0 Å². The van der Waals surface area contributed by atoms with Gasteiger partial charge in [0.1, 0.15) is 0 Å². The molecule has 0 fully saturated rings. The Bertz CT molecular complexity index is 481. The predicted octanol–water partition coefficient (Wildman–Crippen LogP) is 2.07. The summed E-state index contributed by atoms with van der Waals surface area (Å²) >= 11 is 3.89. The van der Waals surface area contributed by atoms with Crippen LogP contribution in [0.4, 0.5) is 13.2 Å². The second kappa shape index (κ2) is 5.12. The standard InChI is InChI=1S/C10H8F3NOS/c11-10(12,13)8-5-7(3-1-2-4-16)9(15)14-6-8/h5-6,16H,2,4H2,(H,14,15). The van der Waals surface area contributed by atoms with Gasteiger partial charge < -0.3 is 4.98 Å². The van der Waals surface area contributed by atoms with Crippen molar-refractivity contribution in [1.29, 1.82) is 0 Å². The predicted molar refractivity (Wildman–Crippen MR) is 57.4 cm³/mol. The summed E-state index contributed by atoms with van der Waals surface area (Å²) in [5.41, 5.74) is -1.72. The van der Waals surface area contributed by atoms with Crippen LogP contribution in [0.5, 0.6) is 0 Å². The highest BCUT2D eigenvalue weighted by atomic mass is 32.1. The summed E-state index contributed by atoms with van der Waals surface area (Å²) in [5, 5.41) is 0. The molecule has 0 spiro atoms. The summed E-state index contributed by atoms with van der Waals surface area (Å²) in [5.74, 6) is 5.43. The molecule has 0 aliphatic heterocycles. The second-order valence-electron chi connectivity index (χ2n) is 2.90. The summed E-state index contributed by atoms with van der Waals surface area (Å²) in [4.78, 5) is 13.2. The number of halogens is 3. The highest BCUT2D eigenvalue weighted by molar-refractivity contribution is 7.80. The SMILES string of the molecule is O=c1[nH]cc(C(F)(F)F)cc1C#CCCS. The van der Waals surface area contributed by atoms with Crippen molar-refractivity contribution in [2.75, 3.05) is 5.75 Å². The van der Waals surface area contributed by atoms with Gasteiger partial charge in [-0.1, -0.05) is 11.8 Å². The van der Waals surface area contributed by atoms with E-state index in [-0.39, 0.29) is 5.56 Å². The van der Waals surface area contributed by atoms with E-state index in [4.69, 9.17) is 0 Å². The zero-order valence-electron chi connectivity index (χ0n) is 8.06. The topological polar surface area (TPSA) is 32.9 Å². The fourth-order valence-electron chi connectivity index (χ4n) is 0.954. The van der Waals surface area contributed by atoms with Gasteiger partial charge in [0.25, 0.3) is 5.56 Å². The maximum atomic E-state index is 12.3. The van der Waals surface area contributed by atoms with Crippen LogP contribution < -0.4 is 5.56 Å². The monoisotopic (exact) mass is 247 g/mol. The fraction of sp³-hybridized carbons (Fsp3) is 0.300. The van der Waals surface area contributed by atoms with Crippen molar-refractivity contribution in [1.82, 2.24) is 4.98 Å². The number of aromatic amines is 1. The van der Waals surface area contributed by atoms with Gasteiger partial charge in [-0.3, -0.25) is 4.79 Å². The van der Waals surface area contributed by atoms with Crippen LogP contribution in [-0.4, -0.2) is 10.7 Å². The Labute approximate surface area is 95.3 Å². The minimum absolute atomic E-state index is 0.184. The van der Waals surface area contributed by atoms with Gasteiger partial charge in [-0.05, 0) is 6.07 Å². The van der Waals surface area contributed by atoms with Gasteiger partial charge in [-0.2, -0.15) is 25.8 Å². The molecular formula is C10H8F3NOS. The van der Waals surface area contributed by atoms with Gasteiger partial charge in [0.05, 0.1) is 11.1 Å². The Kier molecular flexibility index (Phi) is 4.07. The van der Waals surface area contributed by atoms with E-state index in [1.165, 1.54) is 0 Å². The largest absolute Gasteiger partial charge is 0.417 e. The third-order valence-electron chi connectivity index (χ3n) is 1.69. The first kappa shape index (κ1) is 12.7. The molecule has 0 saturated heterocycles. The normalized spacial score (nSPS) is 10.8. The van der Waals surface area contributed by atoms with Crippen LogP contribution in [0.3, 0.4) is 0 Å². The summed E-state index contributed by atoms with van der Waals surface area (Å²) in [7, 11) is 0. The van der Waals surface area contributed by atoms with Crippen molar-refractivity contribution in [3.8, 4) is 11.8 Å². The lowest BCUT2D eigenvalue weighted by atomic mass is 10.2. The average Bonchev–Trinajstić information content (AvgIpc) is 2.19. The van der Waals surface area contributed by atoms with Gasteiger partial charge in [0.15, 0.2) is 0 Å². The van der Waals surface area contributed by atoms with Crippen molar-refractivity contribution in [2.45, 2.75) is 12.6 Å². The third-order valence-corrected chi connectivity index (χ3v) is 1.91. The number of rotatable bonds is 1. The molecule has 1 aromatic rings. The number of aromatic nitrogens is 1. The number of H-pyrrole nitrogens is 1. The minimum Gasteiger partial charge on any atom is -0.327 e. The number of nitrogens with one attached hydrogen (secondary N) is 1. The lowest BCUT2D eigenvalue weighted by Gasteiger charge is -2.05. The summed E-state index contributed by atoms with van der Waals surface area (Å²) < 4.78 is 36.9. The Morgan fingerprint density at radius 2 is 2.12 bits per heavy atom. The second-order valence-corrected chi connectivity index (χ2v) is 3.35. The molecule has 0 unspecified atom stereocenters. The smallest absolute Gasteiger partial charge is 0.327 e. The summed E-state index contributed by atoms with van der Waals surface area (Å²) in [6.07, 6.45) is -3.44. The maximum Gasteiger partial charge on any atom is 0.417 e. The average molecular weight is 247 g/mol. The molecule has 0 aliphatic carbocycles. The van der Waals surface area contributed by atoms with Crippen LogP contribution in [0.1, 0.15) is 17.5 Å². The highest BCUT2D eigenvalue weighted by Gasteiger charge is 2.31. The Balaban J connectivity index is 3.11. The number of thiol groups is 1. The number of hydrogen-bond donors (Lipinski definition) is 2. The van der Waals surface area contributed by atoms with E-state index >= 15 is 0 Å². The van der Waals surface area contributed by atoms with Gasteiger partial charge in [0.2, 0.25) is 0 Å². The summed E-state index contributed by atoms with van der Waals surface area (Å²) in [6, 6.07) is 0.740. The molecule has 1 rings (SSSR count). The first-order valence-corrected chi connectivity index (χ1v) is 4.98. The lowest BCUT2D eigenvalue weighted by molar-refractivity contribution is -0.137. The molecule has 0 bridgehead atoms. The van der Waals surface area contributed by atoms with E-state index in [1.54, 1.807) is 0 Å². The van der Waals surface area contributed by atoms with Crippen molar-refractivity contribution >= 4 is 12.6 Å². The molecule has 1 heterocycles. The van der Waals surface area contributed by atoms with Crippen molar-refractivity contribution < 1.29 is 13.2 Å². The van der Waals surface area contributed by atoms with E-state index in [9.17, 15) is 18.0 Å². The molecule has 2 nitrogen and oxygen atoms in total. The Hall–Kier alpha value is -1.35. The first-order chi connectivity index (χ1) is 7.45. The van der Waals surface area contributed by atoms with Crippen LogP contribution in [0, 0.1) is 11.8 Å². The van der Waals surface area contributed by atoms with Crippen LogP contribution >= 0.6 is 12.6 Å². The Morgan fingerprint density at radius 1 is 1.44 bits per heavy atom. The van der Waals surface area contributed by atoms with E-state index in [2.05, 4.69) is 24.5 Å². The highest BCUT2D eigenvalue weighted by Crippen LogP contribution is 2.28. The van der Waals surface area contributed by atoms with Gasteiger partial charge in [0, 0.05) is 18.4 Å². The maximum absolute atomic E-state index is 12.3. The molecule has 6 heteroatoms. The van der Waals surface area contributed by atoms with E-state index in [0.29, 0.717) is 18.4 Å². The molecule has 1 aromatic heterocycles. The molecule has 0 aliphatic rings. The molecule has 0 radical (unpaired) electrons. The molecule has 0 saturated carbocycles. The van der Waals surface area contributed by atoms with Crippen LogP contribution in [-0.2, 0) is 6.18 Å². The molecule has 0 amide bonds. The van der Waals surface area contributed by atoms with Crippen LogP contribution in [0.15, 0.2) is 17.1 Å². The molecule has 0 aromatic carbocycles. The zero-order chi connectivity index (χ0) is 12.2.